The lowest BCUT2D eigenvalue weighted by Crippen LogP contribution is -2.48. The summed E-state index contributed by atoms with van der Waals surface area (Å²) in [5, 5.41) is 0. The summed E-state index contributed by atoms with van der Waals surface area (Å²) in [5.41, 5.74) is -0.500. The van der Waals surface area contributed by atoms with Gasteiger partial charge in [0.2, 0.25) is 0 Å². The SMILES string of the molecule is C=C(C)C(=O)OC1C2OC(=O)C3C2OC1C3C(=O)Oc1cc(C)oc(=O)c1. The summed E-state index contributed by atoms with van der Waals surface area (Å²) in [6, 6.07) is 2.40. The summed E-state index contributed by atoms with van der Waals surface area (Å²) in [4.78, 5) is 48.3. The van der Waals surface area contributed by atoms with Gasteiger partial charge in [0.15, 0.2) is 12.2 Å². The van der Waals surface area contributed by atoms with Crippen molar-refractivity contribution in [1.82, 2.24) is 0 Å². The van der Waals surface area contributed by atoms with Crippen molar-refractivity contribution < 1.29 is 37.7 Å². The van der Waals surface area contributed by atoms with Crippen LogP contribution in [0, 0.1) is 18.8 Å². The van der Waals surface area contributed by atoms with Crippen LogP contribution < -0.4 is 10.4 Å². The molecule has 3 aliphatic heterocycles. The van der Waals surface area contributed by atoms with E-state index >= 15 is 0 Å². The van der Waals surface area contributed by atoms with Crippen LogP contribution in [0.2, 0.25) is 0 Å². The van der Waals surface area contributed by atoms with Crippen LogP contribution in [0.25, 0.3) is 0 Å². The highest BCUT2D eigenvalue weighted by molar-refractivity contribution is 5.89. The van der Waals surface area contributed by atoms with E-state index in [1.54, 1.807) is 0 Å². The Hall–Kier alpha value is -2.94. The van der Waals surface area contributed by atoms with Gasteiger partial charge in [0.25, 0.3) is 0 Å². The van der Waals surface area contributed by atoms with E-state index < -0.39 is 59.8 Å². The number of ether oxygens (including phenoxy) is 4. The van der Waals surface area contributed by atoms with Crippen LogP contribution >= 0.6 is 0 Å². The summed E-state index contributed by atoms with van der Waals surface area (Å²) in [5.74, 6) is -3.64. The fraction of sp³-hybridized carbons (Fsp3) is 0.444. The van der Waals surface area contributed by atoms with E-state index in [0.29, 0.717) is 0 Å². The van der Waals surface area contributed by atoms with Gasteiger partial charge in [0.1, 0.15) is 35.6 Å². The lowest BCUT2D eigenvalue weighted by Gasteiger charge is -2.27. The molecule has 3 saturated heterocycles. The normalized spacial score (nSPS) is 32.9. The zero-order valence-electron chi connectivity index (χ0n) is 14.5. The molecule has 1 aromatic rings. The molecule has 4 heterocycles. The summed E-state index contributed by atoms with van der Waals surface area (Å²) in [7, 11) is 0. The van der Waals surface area contributed by atoms with Crippen LogP contribution in [0.4, 0.5) is 0 Å². The largest absolute Gasteiger partial charge is 0.455 e. The molecule has 0 aliphatic carbocycles. The van der Waals surface area contributed by atoms with Gasteiger partial charge in [-0.25, -0.2) is 9.59 Å². The van der Waals surface area contributed by atoms with Crippen LogP contribution in [0.15, 0.2) is 33.5 Å². The molecule has 0 spiro atoms. The highest BCUT2D eigenvalue weighted by Crippen LogP contribution is 2.51. The zero-order valence-corrected chi connectivity index (χ0v) is 14.5. The maximum absolute atomic E-state index is 12.7. The molecule has 0 radical (unpaired) electrons. The third-order valence-electron chi connectivity index (χ3n) is 4.85. The Morgan fingerprint density at radius 2 is 1.89 bits per heavy atom. The van der Waals surface area contributed by atoms with Crippen molar-refractivity contribution in [2.75, 3.05) is 0 Å². The molecule has 142 valence electrons. The van der Waals surface area contributed by atoms with Crippen molar-refractivity contribution in [2.24, 2.45) is 11.8 Å². The van der Waals surface area contributed by atoms with Gasteiger partial charge in [0.05, 0.1) is 6.07 Å². The minimum Gasteiger partial charge on any atom is -0.455 e. The van der Waals surface area contributed by atoms with E-state index in [2.05, 4.69) is 6.58 Å². The van der Waals surface area contributed by atoms with Gasteiger partial charge in [-0.1, -0.05) is 6.58 Å². The van der Waals surface area contributed by atoms with Gasteiger partial charge < -0.3 is 23.4 Å². The molecule has 3 fully saturated rings. The van der Waals surface area contributed by atoms with E-state index in [4.69, 9.17) is 23.4 Å². The van der Waals surface area contributed by atoms with Gasteiger partial charge >= 0.3 is 23.5 Å². The van der Waals surface area contributed by atoms with E-state index in [-0.39, 0.29) is 17.1 Å². The predicted octanol–water partition coefficient (Wildman–Crippen LogP) is 0.280. The molecule has 0 saturated carbocycles. The smallest absolute Gasteiger partial charge is 0.339 e. The molecule has 2 bridgehead atoms. The molecule has 9 nitrogen and oxygen atoms in total. The molecular formula is C18H16O9. The fourth-order valence-corrected chi connectivity index (χ4v) is 3.78. The quantitative estimate of drug-likeness (QED) is 0.539. The second-order valence-corrected chi connectivity index (χ2v) is 6.81. The van der Waals surface area contributed by atoms with Crippen LogP contribution in [-0.2, 0) is 28.6 Å². The topological polar surface area (TPSA) is 118 Å². The summed E-state index contributed by atoms with van der Waals surface area (Å²) >= 11 is 0. The highest BCUT2D eigenvalue weighted by atomic mass is 16.7. The van der Waals surface area contributed by atoms with Crippen molar-refractivity contribution in [3.63, 3.8) is 0 Å². The zero-order chi connectivity index (χ0) is 19.5. The molecule has 0 N–H and O–H groups in total. The number of rotatable bonds is 4. The minimum absolute atomic E-state index is 0.00471. The molecule has 0 amide bonds. The van der Waals surface area contributed by atoms with Crippen molar-refractivity contribution in [1.29, 1.82) is 0 Å². The monoisotopic (exact) mass is 376 g/mol. The molecule has 3 aliphatic rings. The van der Waals surface area contributed by atoms with Crippen LogP contribution in [0.5, 0.6) is 5.75 Å². The van der Waals surface area contributed by atoms with E-state index in [1.807, 2.05) is 0 Å². The van der Waals surface area contributed by atoms with Gasteiger partial charge in [-0.05, 0) is 13.8 Å². The maximum atomic E-state index is 12.7. The van der Waals surface area contributed by atoms with Crippen molar-refractivity contribution in [3.8, 4) is 5.75 Å². The summed E-state index contributed by atoms with van der Waals surface area (Å²) < 4.78 is 26.4. The van der Waals surface area contributed by atoms with E-state index in [1.165, 1.54) is 19.9 Å². The molecule has 4 rings (SSSR count). The van der Waals surface area contributed by atoms with Crippen molar-refractivity contribution in [3.05, 3.63) is 40.5 Å². The minimum atomic E-state index is -1.02. The molecular weight excluding hydrogens is 360 g/mol. The Morgan fingerprint density at radius 1 is 1.15 bits per heavy atom. The third-order valence-corrected chi connectivity index (χ3v) is 4.85. The average Bonchev–Trinajstić information content (AvgIpc) is 3.17. The first-order valence-electron chi connectivity index (χ1n) is 8.32. The van der Waals surface area contributed by atoms with Crippen molar-refractivity contribution in [2.45, 2.75) is 38.3 Å². The summed E-state index contributed by atoms with van der Waals surface area (Å²) in [6.07, 6.45) is -3.26. The molecule has 27 heavy (non-hydrogen) atoms. The molecule has 9 heteroatoms. The van der Waals surface area contributed by atoms with Crippen LogP contribution in [0.1, 0.15) is 12.7 Å². The second kappa shape index (κ2) is 6.05. The number of aryl methyl sites for hydroxylation is 1. The number of fused-ring (bicyclic) bond motifs is 1. The Bertz CT molecular complexity index is 914. The predicted molar refractivity (Wildman–Crippen MR) is 85.6 cm³/mol. The Morgan fingerprint density at radius 3 is 2.56 bits per heavy atom. The average molecular weight is 376 g/mol. The van der Waals surface area contributed by atoms with Gasteiger partial charge in [-0.3, -0.25) is 9.59 Å². The number of hydrogen-bond donors (Lipinski definition) is 0. The first-order valence-corrected chi connectivity index (χ1v) is 8.32. The van der Waals surface area contributed by atoms with Gasteiger partial charge in [-0.2, -0.15) is 0 Å². The molecule has 0 aromatic carbocycles. The fourth-order valence-electron chi connectivity index (χ4n) is 3.78. The Kier molecular flexibility index (Phi) is 3.92. The van der Waals surface area contributed by atoms with Crippen LogP contribution in [-0.4, -0.2) is 42.3 Å². The first kappa shape index (κ1) is 17.5. The van der Waals surface area contributed by atoms with Crippen LogP contribution in [0.3, 0.4) is 0 Å². The van der Waals surface area contributed by atoms with Gasteiger partial charge in [-0.15, -0.1) is 0 Å². The third kappa shape index (κ3) is 2.74. The maximum Gasteiger partial charge on any atom is 0.339 e. The first-order chi connectivity index (χ1) is 12.8. The van der Waals surface area contributed by atoms with E-state index in [0.717, 1.165) is 6.07 Å². The lowest BCUT2D eigenvalue weighted by atomic mass is 9.78. The molecule has 6 unspecified atom stereocenters. The Balaban J connectivity index is 1.59. The number of hydrogen-bond acceptors (Lipinski definition) is 9. The number of carbonyl (C=O) groups excluding carboxylic acids is 3. The van der Waals surface area contributed by atoms with Gasteiger partial charge in [0, 0.05) is 11.6 Å². The standard InChI is InChI=1S/C18H16O9/c1-6(2)16(20)26-14-12-10(11-13(25-12)15(14)27-18(11)22)17(21)24-8-4-7(3)23-9(19)5-8/h4-5,10-15H,1H2,2-3H3. The number of esters is 3. The number of carbonyl (C=O) groups is 3. The lowest BCUT2D eigenvalue weighted by molar-refractivity contribution is -0.158. The Labute approximate surface area is 152 Å². The molecule has 6 atom stereocenters. The molecule has 1 aromatic heterocycles. The second-order valence-electron chi connectivity index (χ2n) is 6.81. The summed E-state index contributed by atoms with van der Waals surface area (Å²) in [6.45, 7) is 6.52. The van der Waals surface area contributed by atoms with E-state index in [9.17, 15) is 19.2 Å². The van der Waals surface area contributed by atoms with Crippen molar-refractivity contribution >= 4 is 17.9 Å². The highest BCUT2D eigenvalue weighted by Gasteiger charge is 2.72.